The normalized spacial score (nSPS) is 12.6. The summed E-state index contributed by atoms with van der Waals surface area (Å²) < 4.78 is 1.59. The van der Waals surface area contributed by atoms with Crippen molar-refractivity contribution in [1.82, 2.24) is 19.9 Å². The van der Waals surface area contributed by atoms with Crippen molar-refractivity contribution < 1.29 is 15.0 Å². The van der Waals surface area contributed by atoms with Gasteiger partial charge in [0.25, 0.3) is 5.91 Å². The zero-order valence-electron chi connectivity index (χ0n) is 10.8. The summed E-state index contributed by atoms with van der Waals surface area (Å²) >= 11 is 0. The van der Waals surface area contributed by atoms with Gasteiger partial charge < -0.3 is 15.5 Å². The highest BCUT2D eigenvalue weighted by Crippen LogP contribution is 2.11. The highest BCUT2D eigenvalue weighted by Gasteiger charge is 2.16. The molecular formula is C12H16N4O3. The van der Waals surface area contributed by atoms with Crippen LogP contribution in [0.1, 0.15) is 21.7 Å². The molecule has 1 unspecified atom stereocenters. The molecule has 7 nitrogen and oxygen atoms in total. The van der Waals surface area contributed by atoms with E-state index >= 15 is 0 Å². The van der Waals surface area contributed by atoms with Gasteiger partial charge in [0.1, 0.15) is 5.56 Å². The number of hydrogen-bond donors (Lipinski definition) is 3. The highest BCUT2D eigenvalue weighted by atomic mass is 16.3. The molecule has 0 aliphatic rings. The van der Waals surface area contributed by atoms with Crippen LogP contribution < -0.4 is 5.32 Å². The Labute approximate surface area is 109 Å². The number of aliphatic hydroxyl groups is 2. The molecule has 7 heteroatoms. The molecule has 0 saturated heterocycles. The zero-order valence-corrected chi connectivity index (χ0v) is 10.8. The smallest absolute Gasteiger partial charge is 0.256 e. The lowest BCUT2D eigenvalue weighted by Crippen LogP contribution is -2.33. The predicted octanol–water partition coefficient (Wildman–Crippen LogP) is -0.571. The van der Waals surface area contributed by atoms with Gasteiger partial charge in [0.05, 0.1) is 18.9 Å². The Morgan fingerprint density at radius 3 is 2.95 bits per heavy atom. The minimum Gasteiger partial charge on any atom is -0.394 e. The summed E-state index contributed by atoms with van der Waals surface area (Å²) in [6.45, 7) is 3.31. The van der Waals surface area contributed by atoms with Crippen molar-refractivity contribution in [3.05, 3.63) is 29.2 Å². The second-order valence-corrected chi connectivity index (χ2v) is 4.38. The third-order valence-electron chi connectivity index (χ3n) is 2.73. The molecule has 2 aromatic heterocycles. The molecule has 0 aliphatic heterocycles. The molecule has 19 heavy (non-hydrogen) atoms. The monoisotopic (exact) mass is 264 g/mol. The van der Waals surface area contributed by atoms with Crippen molar-refractivity contribution in [1.29, 1.82) is 0 Å². The number of fused-ring (bicyclic) bond motifs is 1. The Morgan fingerprint density at radius 1 is 1.53 bits per heavy atom. The number of aryl methyl sites for hydroxylation is 2. The van der Waals surface area contributed by atoms with Crippen LogP contribution in [0.3, 0.4) is 0 Å². The molecule has 1 amide bonds. The van der Waals surface area contributed by atoms with E-state index in [9.17, 15) is 9.90 Å². The van der Waals surface area contributed by atoms with Crippen molar-refractivity contribution in [3.63, 3.8) is 0 Å². The summed E-state index contributed by atoms with van der Waals surface area (Å²) in [5.74, 6) is -0.375. The van der Waals surface area contributed by atoms with Crippen LogP contribution >= 0.6 is 0 Å². The number of aliphatic hydroxyl groups excluding tert-OH is 2. The summed E-state index contributed by atoms with van der Waals surface area (Å²) in [7, 11) is 0. The number of aromatic nitrogens is 3. The maximum absolute atomic E-state index is 12.0. The van der Waals surface area contributed by atoms with E-state index in [0.717, 1.165) is 11.4 Å². The number of amides is 1. The first kappa shape index (κ1) is 13.4. The quantitative estimate of drug-likeness (QED) is 0.686. The van der Waals surface area contributed by atoms with Gasteiger partial charge in [-0.2, -0.15) is 5.10 Å². The molecule has 2 rings (SSSR count). The SMILES string of the molecule is Cc1cc(C)n2ncc(C(=O)NCC(O)CO)c2n1. The van der Waals surface area contributed by atoms with E-state index in [0.29, 0.717) is 11.2 Å². The Hall–Kier alpha value is -1.99. The minimum absolute atomic E-state index is 0.0164. The van der Waals surface area contributed by atoms with E-state index in [1.165, 1.54) is 6.20 Å². The van der Waals surface area contributed by atoms with Gasteiger partial charge in [-0.3, -0.25) is 4.79 Å². The lowest BCUT2D eigenvalue weighted by Gasteiger charge is -2.08. The number of rotatable bonds is 4. The number of nitrogens with one attached hydrogen (secondary N) is 1. The molecule has 2 aromatic rings. The van der Waals surface area contributed by atoms with E-state index in [-0.39, 0.29) is 12.5 Å². The molecule has 0 aromatic carbocycles. The van der Waals surface area contributed by atoms with Gasteiger partial charge in [-0.05, 0) is 19.9 Å². The van der Waals surface area contributed by atoms with Crippen LogP contribution in [0.2, 0.25) is 0 Å². The first-order chi connectivity index (χ1) is 9.02. The van der Waals surface area contributed by atoms with E-state index < -0.39 is 12.7 Å². The average molecular weight is 264 g/mol. The van der Waals surface area contributed by atoms with Gasteiger partial charge >= 0.3 is 0 Å². The second kappa shape index (κ2) is 5.33. The average Bonchev–Trinajstić information content (AvgIpc) is 2.79. The van der Waals surface area contributed by atoms with Gasteiger partial charge in [0.15, 0.2) is 5.65 Å². The van der Waals surface area contributed by atoms with Crippen LogP contribution in [-0.2, 0) is 0 Å². The van der Waals surface area contributed by atoms with Gasteiger partial charge in [-0.15, -0.1) is 0 Å². The van der Waals surface area contributed by atoms with Crippen molar-refractivity contribution in [2.24, 2.45) is 0 Å². The summed E-state index contributed by atoms with van der Waals surface area (Å²) in [6.07, 6.45) is 0.470. The number of carbonyl (C=O) groups excluding carboxylic acids is 1. The fourth-order valence-corrected chi connectivity index (χ4v) is 1.80. The molecule has 0 fully saturated rings. The van der Waals surface area contributed by atoms with Crippen molar-refractivity contribution in [3.8, 4) is 0 Å². The molecule has 102 valence electrons. The molecule has 1 atom stereocenters. The summed E-state index contributed by atoms with van der Waals surface area (Å²) in [6, 6.07) is 1.87. The Bertz CT molecular complexity index is 608. The van der Waals surface area contributed by atoms with Crippen LogP contribution in [-0.4, -0.2) is 50.0 Å². The molecule has 0 spiro atoms. The Morgan fingerprint density at radius 2 is 2.26 bits per heavy atom. The van der Waals surface area contributed by atoms with Crippen LogP contribution in [0, 0.1) is 13.8 Å². The molecular weight excluding hydrogens is 248 g/mol. The van der Waals surface area contributed by atoms with Gasteiger partial charge in [0, 0.05) is 17.9 Å². The van der Waals surface area contributed by atoms with Gasteiger partial charge in [-0.25, -0.2) is 9.50 Å². The second-order valence-electron chi connectivity index (χ2n) is 4.38. The number of carbonyl (C=O) groups is 1. The summed E-state index contributed by atoms with van der Waals surface area (Å²) in [5, 5.41) is 24.5. The topological polar surface area (TPSA) is 99.8 Å². The van der Waals surface area contributed by atoms with E-state index in [4.69, 9.17) is 5.11 Å². The van der Waals surface area contributed by atoms with Crippen LogP contribution in [0.5, 0.6) is 0 Å². The number of hydrogen-bond acceptors (Lipinski definition) is 5. The molecule has 0 aliphatic carbocycles. The van der Waals surface area contributed by atoms with Crippen molar-refractivity contribution in [2.45, 2.75) is 20.0 Å². The predicted molar refractivity (Wildman–Crippen MR) is 67.9 cm³/mol. The first-order valence-corrected chi connectivity index (χ1v) is 5.92. The third kappa shape index (κ3) is 2.72. The van der Waals surface area contributed by atoms with Crippen molar-refractivity contribution in [2.75, 3.05) is 13.2 Å². The molecule has 0 radical (unpaired) electrons. The van der Waals surface area contributed by atoms with E-state index in [1.807, 2.05) is 19.9 Å². The largest absolute Gasteiger partial charge is 0.394 e. The number of nitrogens with zero attached hydrogens (tertiary/aromatic N) is 3. The van der Waals surface area contributed by atoms with E-state index in [1.54, 1.807) is 4.52 Å². The molecule has 0 saturated carbocycles. The van der Waals surface area contributed by atoms with Gasteiger partial charge in [0.2, 0.25) is 0 Å². The fraction of sp³-hybridized carbons (Fsp3) is 0.417. The lowest BCUT2D eigenvalue weighted by atomic mass is 10.3. The Kier molecular flexibility index (Phi) is 3.77. The van der Waals surface area contributed by atoms with E-state index in [2.05, 4.69) is 15.4 Å². The van der Waals surface area contributed by atoms with Crippen LogP contribution in [0.15, 0.2) is 12.3 Å². The maximum atomic E-state index is 12.0. The maximum Gasteiger partial charge on any atom is 0.256 e. The van der Waals surface area contributed by atoms with Crippen LogP contribution in [0.4, 0.5) is 0 Å². The summed E-state index contributed by atoms with van der Waals surface area (Å²) in [4.78, 5) is 16.3. The standard InChI is InChI=1S/C12H16N4O3/c1-7-3-8(2)16-11(15-7)10(5-14-16)12(19)13-4-9(18)6-17/h3,5,9,17-18H,4,6H2,1-2H3,(H,13,19). The molecule has 2 heterocycles. The van der Waals surface area contributed by atoms with Crippen LogP contribution in [0.25, 0.3) is 5.65 Å². The summed E-state index contributed by atoms with van der Waals surface area (Å²) in [5.41, 5.74) is 2.51. The van der Waals surface area contributed by atoms with Gasteiger partial charge in [-0.1, -0.05) is 0 Å². The minimum atomic E-state index is -0.970. The Balaban J connectivity index is 2.28. The fourth-order valence-electron chi connectivity index (χ4n) is 1.80. The van der Waals surface area contributed by atoms with Crippen molar-refractivity contribution >= 4 is 11.6 Å². The highest BCUT2D eigenvalue weighted by molar-refractivity contribution is 5.99. The zero-order chi connectivity index (χ0) is 14.0. The molecule has 0 bridgehead atoms. The lowest BCUT2D eigenvalue weighted by molar-refractivity contribution is 0.0803. The first-order valence-electron chi connectivity index (χ1n) is 5.92. The third-order valence-corrected chi connectivity index (χ3v) is 2.73. The molecule has 3 N–H and O–H groups in total.